The number of phenols is 1. The van der Waals surface area contributed by atoms with Crippen molar-refractivity contribution < 1.29 is 29.3 Å². The lowest BCUT2D eigenvalue weighted by atomic mass is 10.2. The Morgan fingerprint density at radius 3 is 2.50 bits per heavy atom. The van der Waals surface area contributed by atoms with Crippen LogP contribution in [0.4, 0.5) is 0 Å². The number of hydrogen-bond acceptors (Lipinski definition) is 5. The van der Waals surface area contributed by atoms with Crippen LogP contribution in [0.25, 0.3) is 6.08 Å². The second-order valence-corrected chi connectivity index (χ2v) is 3.34. The third kappa shape index (κ3) is 3.51. The molecule has 0 aliphatic carbocycles. The molecular formula is C12H12O6. The third-order valence-corrected chi connectivity index (χ3v) is 1.97. The molecule has 6 heteroatoms. The van der Waals surface area contributed by atoms with E-state index < -0.39 is 17.7 Å². The van der Waals surface area contributed by atoms with Gasteiger partial charge in [-0.15, -0.1) is 0 Å². The van der Waals surface area contributed by atoms with Crippen LogP contribution in [0, 0.1) is 0 Å². The molecule has 1 rings (SSSR count). The summed E-state index contributed by atoms with van der Waals surface area (Å²) < 4.78 is 9.41. The maximum atomic E-state index is 10.8. The van der Waals surface area contributed by atoms with Crippen LogP contribution in [-0.2, 0) is 14.3 Å². The molecule has 0 spiro atoms. The summed E-state index contributed by atoms with van der Waals surface area (Å²) in [5, 5.41) is 18.2. The summed E-state index contributed by atoms with van der Waals surface area (Å²) >= 11 is 0. The summed E-state index contributed by atoms with van der Waals surface area (Å²) in [5.41, 5.74) is 0.420. The van der Waals surface area contributed by atoms with Crippen LogP contribution in [0.3, 0.4) is 0 Å². The molecule has 0 aromatic heterocycles. The van der Waals surface area contributed by atoms with E-state index in [0.717, 1.165) is 13.0 Å². The van der Waals surface area contributed by atoms with Gasteiger partial charge in [-0.2, -0.15) is 0 Å². The topological polar surface area (TPSA) is 93.1 Å². The number of aliphatic carboxylic acids is 1. The van der Waals surface area contributed by atoms with Crippen molar-refractivity contribution in [3.63, 3.8) is 0 Å². The zero-order valence-corrected chi connectivity index (χ0v) is 9.84. The van der Waals surface area contributed by atoms with Crippen molar-refractivity contribution in [2.75, 3.05) is 7.11 Å². The van der Waals surface area contributed by atoms with Gasteiger partial charge in [-0.05, 0) is 23.8 Å². The molecule has 0 aliphatic heterocycles. The quantitative estimate of drug-likeness (QED) is 0.478. The van der Waals surface area contributed by atoms with E-state index in [1.54, 1.807) is 0 Å². The number of carboxylic acid groups (broad SMARTS) is 1. The molecule has 0 amide bonds. The number of carbonyl (C=O) groups is 2. The predicted octanol–water partition coefficient (Wildman–Crippen LogP) is 1.39. The van der Waals surface area contributed by atoms with E-state index in [1.165, 1.54) is 25.3 Å². The number of hydrogen-bond donors (Lipinski definition) is 2. The first-order chi connectivity index (χ1) is 8.43. The maximum Gasteiger partial charge on any atom is 0.371 e. The fourth-order valence-electron chi connectivity index (χ4n) is 1.23. The lowest BCUT2D eigenvalue weighted by Crippen LogP contribution is -2.08. The van der Waals surface area contributed by atoms with Gasteiger partial charge in [-0.3, -0.25) is 4.79 Å². The molecule has 0 unspecified atom stereocenters. The standard InChI is InChI=1S/C12H12O6/c1-7(13)18-11(12(15)16)6-8-3-4-9(14)10(5-8)17-2/h3-6,14H,1-2H3,(H,15,16)/b11-6-. The Hall–Kier alpha value is -2.50. The van der Waals surface area contributed by atoms with Gasteiger partial charge >= 0.3 is 11.9 Å². The number of aromatic hydroxyl groups is 1. The molecule has 96 valence electrons. The third-order valence-electron chi connectivity index (χ3n) is 1.97. The monoisotopic (exact) mass is 252 g/mol. The average molecular weight is 252 g/mol. The Kier molecular flexibility index (Phi) is 4.31. The van der Waals surface area contributed by atoms with Gasteiger partial charge in [0.2, 0.25) is 5.76 Å². The Balaban J connectivity index is 3.11. The van der Waals surface area contributed by atoms with Crippen molar-refractivity contribution in [2.24, 2.45) is 0 Å². The number of esters is 1. The first-order valence-electron chi connectivity index (χ1n) is 4.94. The SMILES string of the molecule is COc1cc(/C=C(\OC(C)=O)C(=O)O)ccc1O. The van der Waals surface area contributed by atoms with Gasteiger partial charge in [0.25, 0.3) is 0 Å². The fraction of sp³-hybridized carbons (Fsp3) is 0.167. The van der Waals surface area contributed by atoms with Gasteiger partial charge in [0, 0.05) is 6.92 Å². The summed E-state index contributed by atoms with van der Waals surface area (Å²) in [4.78, 5) is 21.6. The lowest BCUT2D eigenvalue weighted by molar-refractivity contribution is -0.146. The molecule has 0 aliphatic rings. The molecule has 0 saturated heterocycles. The summed E-state index contributed by atoms with van der Waals surface area (Å²) in [6, 6.07) is 4.23. The minimum absolute atomic E-state index is 0.0704. The van der Waals surface area contributed by atoms with Gasteiger partial charge in [-0.25, -0.2) is 4.79 Å². The Bertz CT molecular complexity index is 503. The molecule has 2 N–H and O–H groups in total. The number of methoxy groups -OCH3 is 1. The van der Waals surface area contributed by atoms with Crippen molar-refractivity contribution >= 4 is 18.0 Å². The van der Waals surface area contributed by atoms with Crippen molar-refractivity contribution in [2.45, 2.75) is 6.92 Å². The van der Waals surface area contributed by atoms with Crippen LogP contribution >= 0.6 is 0 Å². The second kappa shape index (κ2) is 5.72. The normalized spacial score (nSPS) is 10.9. The number of carbonyl (C=O) groups excluding carboxylic acids is 1. The molecule has 0 atom stereocenters. The highest BCUT2D eigenvalue weighted by Crippen LogP contribution is 2.27. The largest absolute Gasteiger partial charge is 0.504 e. The van der Waals surface area contributed by atoms with Crippen LogP contribution in [0.15, 0.2) is 24.0 Å². The zero-order valence-electron chi connectivity index (χ0n) is 9.84. The van der Waals surface area contributed by atoms with Crippen LogP contribution in [0.2, 0.25) is 0 Å². The first-order valence-corrected chi connectivity index (χ1v) is 4.94. The highest BCUT2D eigenvalue weighted by atomic mass is 16.6. The summed E-state index contributed by atoms with van der Waals surface area (Å²) in [5.74, 6) is -2.47. The predicted molar refractivity (Wildman–Crippen MR) is 62.0 cm³/mol. The first kappa shape index (κ1) is 13.6. The fourth-order valence-corrected chi connectivity index (χ4v) is 1.23. The lowest BCUT2D eigenvalue weighted by Gasteiger charge is -2.05. The highest BCUT2D eigenvalue weighted by molar-refractivity contribution is 5.92. The number of phenolic OH excluding ortho intramolecular Hbond substituents is 1. The highest BCUT2D eigenvalue weighted by Gasteiger charge is 2.12. The van der Waals surface area contributed by atoms with Crippen LogP contribution < -0.4 is 4.74 Å². The van der Waals surface area contributed by atoms with E-state index in [0.29, 0.717) is 5.56 Å². The van der Waals surface area contributed by atoms with Gasteiger partial charge in [0.15, 0.2) is 11.5 Å². The maximum absolute atomic E-state index is 10.8. The molecule has 0 bridgehead atoms. The molecular weight excluding hydrogens is 240 g/mol. The Morgan fingerprint density at radius 2 is 2.00 bits per heavy atom. The molecule has 6 nitrogen and oxygen atoms in total. The van der Waals surface area contributed by atoms with Gasteiger partial charge in [-0.1, -0.05) is 6.07 Å². The minimum atomic E-state index is -1.36. The molecule has 0 saturated carbocycles. The summed E-state index contributed by atoms with van der Waals surface area (Å²) in [7, 11) is 1.37. The van der Waals surface area contributed by atoms with Crippen LogP contribution in [0.1, 0.15) is 12.5 Å². The second-order valence-electron chi connectivity index (χ2n) is 3.34. The zero-order chi connectivity index (χ0) is 13.7. The molecule has 1 aromatic carbocycles. The van der Waals surface area contributed by atoms with Crippen molar-refractivity contribution in [1.29, 1.82) is 0 Å². The number of benzene rings is 1. The minimum Gasteiger partial charge on any atom is -0.504 e. The number of carboxylic acids is 1. The van der Waals surface area contributed by atoms with Crippen molar-refractivity contribution in [3.05, 3.63) is 29.5 Å². The van der Waals surface area contributed by atoms with E-state index in [9.17, 15) is 14.7 Å². The summed E-state index contributed by atoms with van der Waals surface area (Å²) in [6.45, 7) is 1.11. The average Bonchev–Trinajstić information content (AvgIpc) is 2.29. The molecule has 1 aromatic rings. The molecule has 18 heavy (non-hydrogen) atoms. The Labute approximate surface area is 103 Å². The number of rotatable bonds is 4. The smallest absolute Gasteiger partial charge is 0.371 e. The van der Waals surface area contributed by atoms with E-state index in [4.69, 9.17) is 9.84 Å². The van der Waals surface area contributed by atoms with E-state index in [-0.39, 0.29) is 11.5 Å². The van der Waals surface area contributed by atoms with Crippen LogP contribution in [-0.4, -0.2) is 29.3 Å². The van der Waals surface area contributed by atoms with Crippen molar-refractivity contribution in [3.8, 4) is 11.5 Å². The van der Waals surface area contributed by atoms with Crippen molar-refractivity contribution in [1.82, 2.24) is 0 Å². The van der Waals surface area contributed by atoms with Gasteiger partial charge in [0.1, 0.15) is 0 Å². The molecule has 0 fully saturated rings. The van der Waals surface area contributed by atoms with Gasteiger partial charge in [0.05, 0.1) is 7.11 Å². The van der Waals surface area contributed by atoms with Gasteiger partial charge < -0.3 is 19.7 Å². The van der Waals surface area contributed by atoms with E-state index in [2.05, 4.69) is 4.74 Å². The summed E-state index contributed by atoms with van der Waals surface area (Å²) in [6.07, 6.45) is 1.16. The molecule has 0 radical (unpaired) electrons. The Morgan fingerprint density at radius 1 is 1.33 bits per heavy atom. The van der Waals surface area contributed by atoms with Crippen LogP contribution in [0.5, 0.6) is 11.5 Å². The number of ether oxygens (including phenoxy) is 2. The van der Waals surface area contributed by atoms with E-state index in [1.807, 2.05) is 0 Å². The van der Waals surface area contributed by atoms with E-state index >= 15 is 0 Å². The molecule has 0 heterocycles.